The van der Waals surface area contributed by atoms with E-state index in [1.54, 1.807) is 0 Å². The lowest BCUT2D eigenvalue weighted by molar-refractivity contribution is -0.157. The van der Waals surface area contributed by atoms with Gasteiger partial charge in [0.15, 0.2) is 0 Å². The Hall–Kier alpha value is -1.06. The number of amides is 2. The van der Waals surface area contributed by atoms with Gasteiger partial charge < -0.3 is 10.2 Å². The zero-order valence-electron chi connectivity index (χ0n) is 14.5. The van der Waals surface area contributed by atoms with E-state index in [-0.39, 0.29) is 23.9 Å². The third-order valence-corrected chi connectivity index (χ3v) is 4.89. The van der Waals surface area contributed by atoms with Gasteiger partial charge >= 0.3 is 0 Å². The van der Waals surface area contributed by atoms with Crippen LogP contribution in [0.4, 0.5) is 0 Å². The molecule has 122 valence electrons. The van der Waals surface area contributed by atoms with E-state index >= 15 is 0 Å². The first kappa shape index (κ1) is 18.0. The summed E-state index contributed by atoms with van der Waals surface area (Å²) in [6.07, 6.45) is 4.53. The third-order valence-electron chi connectivity index (χ3n) is 4.89. The number of nitrogens with zero attached hydrogens (tertiary/aromatic N) is 1. The summed E-state index contributed by atoms with van der Waals surface area (Å²) in [5, 5.41) is 2.96. The molecule has 1 fully saturated rings. The fourth-order valence-corrected chi connectivity index (χ4v) is 3.21. The average molecular weight is 296 g/mol. The molecular formula is C17H32N2O2. The molecule has 4 heteroatoms. The van der Waals surface area contributed by atoms with Crippen LogP contribution in [0.5, 0.6) is 0 Å². The molecule has 0 radical (unpaired) electrons. The number of carbonyl (C=O) groups excluding carboxylic acids is 2. The van der Waals surface area contributed by atoms with Gasteiger partial charge in [-0.15, -0.1) is 0 Å². The summed E-state index contributed by atoms with van der Waals surface area (Å²) in [6.45, 7) is 12.3. The summed E-state index contributed by atoms with van der Waals surface area (Å²) in [5.41, 5.74) is -0.699. The largest absolute Gasteiger partial charge is 0.340 e. The van der Waals surface area contributed by atoms with Gasteiger partial charge in [-0.3, -0.25) is 9.59 Å². The van der Waals surface area contributed by atoms with Crippen LogP contribution in [0.1, 0.15) is 73.6 Å². The molecule has 0 aromatic rings. The minimum Gasteiger partial charge on any atom is -0.340 e. The van der Waals surface area contributed by atoms with E-state index < -0.39 is 5.54 Å². The molecule has 0 spiro atoms. The average Bonchev–Trinajstić information content (AvgIpc) is 2.43. The number of carbonyl (C=O) groups is 2. The Balaban J connectivity index is 2.86. The number of hydrogen-bond donors (Lipinski definition) is 1. The van der Waals surface area contributed by atoms with Gasteiger partial charge in [0.25, 0.3) is 0 Å². The van der Waals surface area contributed by atoms with E-state index in [2.05, 4.69) is 26.1 Å². The maximum absolute atomic E-state index is 12.9. The quantitative estimate of drug-likeness (QED) is 0.785. The van der Waals surface area contributed by atoms with Crippen molar-refractivity contribution in [2.75, 3.05) is 0 Å². The van der Waals surface area contributed by atoms with Crippen LogP contribution < -0.4 is 5.32 Å². The van der Waals surface area contributed by atoms with Gasteiger partial charge in [0.2, 0.25) is 11.8 Å². The monoisotopic (exact) mass is 296 g/mol. The molecule has 1 saturated heterocycles. The highest BCUT2D eigenvalue weighted by Crippen LogP contribution is 2.28. The van der Waals surface area contributed by atoms with Crippen molar-refractivity contribution in [3.8, 4) is 0 Å². The maximum atomic E-state index is 12.9. The van der Waals surface area contributed by atoms with Crippen molar-refractivity contribution in [3.63, 3.8) is 0 Å². The molecule has 1 N–H and O–H groups in total. The van der Waals surface area contributed by atoms with Crippen molar-refractivity contribution >= 4 is 11.8 Å². The Morgan fingerprint density at radius 2 is 1.71 bits per heavy atom. The molecule has 0 aliphatic carbocycles. The first-order chi connectivity index (χ1) is 9.79. The summed E-state index contributed by atoms with van der Waals surface area (Å²) in [5.74, 6) is 0.756. The van der Waals surface area contributed by atoms with Crippen LogP contribution in [0, 0.1) is 5.92 Å². The Labute approximate surface area is 129 Å². The Kier molecular flexibility index (Phi) is 6.24. The molecule has 0 bridgehead atoms. The fourth-order valence-electron chi connectivity index (χ4n) is 3.21. The van der Waals surface area contributed by atoms with Crippen LogP contribution in [-0.4, -0.2) is 34.3 Å². The minimum atomic E-state index is -0.699. The Bertz CT molecular complexity index is 375. The number of rotatable bonds is 7. The van der Waals surface area contributed by atoms with Gasteiger partial charge in [0.05, 0.1) is 0 Å². The second-order valence-corrected chi connectivity index (χ2v) is 6.84. The molecule has 0 aromatic heterocycles. The van der Waals surface area contributed by atoms with Crippen molar-refractivity contribution in [1.82, 2.24) is 10.2 Å². The van der Waals surface area contributed by atoms with Crippen molar-refractivity contribution in [2.45, 2.75) is 91.3 Å². The fraction of sp³-hybridized carbons (Fsp3) is 0.882. The van der Waals surface area contributed by atoms with Crippen molar-refractivity contribution in [2.24, 2.45) is 5.92 Å². The standard InChI is InChI=1S/C17H32N2O2/c1-7-17(8-2)16(21)19(14(6)15(20)18-17)13(5)11-9-10-12(3)4/h12-14H,7-11H2,1-6H3,(H,18,20). The van der Waals surface area contributed by atoms with Crippen LogP contribution in [0.25, 0.3) is 0 Å². The lowest BCUT2D eigenvalue weighted by Gasteiger charge is -2.47. The highest BCUT2D eigenvalue weighted by atomic mass is 16.2. The summed E-state index contributed by atoms with van der Waals surface area (Å²) < 4.78 is 0. The smallest absolute Gasteiger partial charge is 0.249 e. The summed E-state index contributed by atoms with van der Waals surface area (Å²) in [4.78, 5) is 27.0. The van der Waals surface area contributed by atoms with Crippen LogP contribution in [0.3, 0.4) is 0 Å². The molecule has 1 aliphatic heterocycles. The molecule has 21 heavy (non-hydrogen) atoms. The van der Waals surface area contributed by atoms with Gasteiger partial charge in [-0.05, 0) is 39.0 Å². The highest BCUT2D eigenvalue weighted by molar-refractivity contribution is 5.99. The van der Waals surface area contributed by atoms with E-state index in [0.29, 0.717) is 18.8 Å². The molecule has 2 atom stereocenters. The van der Waals surface area contributed by atoms with Gasteiger partial charge in [0, 0.05) is 6.04 Å². The van der Waals surface area contributed by atoms with E-state index in [4.69, 9.17) is 0 Å². The topological polar surface area (TPSA) is 49.4 Å². The first-order valence-corrected chi connectivity index (χ1v) is 8.43. The van der Waals surface area contributed by atoms with Crippen LogP contribution in [0.2, 0.25) is 0 Å². The molecule has 1 heterocycles. The van der Waals surface area contributed by atoms with Gasteiger partial charge in [-0.1, -0.05) is 40.5 Å². The number of hydrogen-bond acceptors (Lipinski definition) is 2. The first-order valence-electron chi connectivity index (χ1n) is 8.43. The third kappa shape index (κ3) is 3.78. The second-order valence-electron chi connectivity index (χ2n) is 6.84. The number of nitrogens with one attached hydrogen (secondary N) is 1. The summed E-state index contributed by atoms with van der Waals surface area (Å²) >= 11 is 0. The Morgan fingerprint density at radius 3 is 2.19 bits per heavy atom. The van der Waals surface area contributed by atoms with Crippen LogP contribution in [-0.2, 0) is 9.59 Å². The maximum Gasteiger partial charge on any atom is 0.249 e. The molecular weight excluding hydrogens is 264 g/mol. The van der Waals surface area contributed by atoms with E-state index in [1.165, 1.54) is 6.42 Å². The highest BCUT2D eigenvalue weighted by Gasteiger charge is 2.48. The lowest BCUT2D eigenvalue weighted by atomic mass is 9.86. The molecule has 0 saturated carbocycles. The van der Waals surface area contributed by atoms with Crippen molar-refractivity contribution in [1.29, 1.82) is 0 Å². The van der Waals surface area contributed by atoms with Crippen molar-refractivity contribution in [3.05, 3.63) is 0 Å². The van der Waals surface area contributed by atoms with Crippen molar-refractivity contribution < 1.29 is 9.59 Å². The number of piperazine rings is 1. The van der Waals surface area contributed by atoms with E-state index in [1.807, 2.05) is 25.7 Å². The Morgan fingerprint density at radius 1 is 1.14 bits per heavy atom. The van der Waals surface area contributed by atoms with E-state index in [0.717, 1.165) is 12.8 Å². The normalized spacial score (nSPS) is 23.4. The van der Waals surface area contributed by atoms with Crippen LogP contribution >= 0.6 is 0 Å². The molecule has 1 rings (SSSR count). The molecule has 2 unspecified atom stereocenters. The second kappa shape index (κ2) is 7.28. The molecule has 1 aliphatic rings. The van der Waals surface area contributed by atoms with Gasteiger partial charge in [-0.25, -0.2) is 0 Å². The lowest BCUT2D eigenvalue weighted by Crippen LogP contribution is -2.70. The minimum absolute atomic E-state index is 0.0194. The van der Waals surface area contributed by atoms with Gasteiger partial charge in [0.1, 0.15) is 11.6 Å². The molecule has 4 nitrogen and oxygen atoms in total. The predicted molar refractivity (Wildman–Crippen MR) is 85.9 cm³/mol. The van der Waals surface area contributed by atoms with Gasteiger partial charge in [-0.2, -0.15) is 0 Å². The van der Waals surface area contributed by atoms with Crippen LogP contribution in [0.15, 0.2) is 0 Å². The molecule has 0 aromatic carbocycles. The zero-order valence-corrected chi connectivity index (χ0v) is 14.5. The summed E-state index contributed by atoms with van der Waals surface area (Å²) in [7, 11) is 0. The summed E-state index contributed by atoms with van der Waals surface area (Å²) in [6, 6.07) is -0.243. The van der Waals surface area contributed by atoms with E-state index in [9.17, 15) is 9.59 Å². The SMILES string of the molecule is CCC1(CC)NC(=O)C(C)N(C(C)CCCC(C)C)C1=O. The molecule has 2 amide bonds. The zero-order chi connectivity index (χ0) is 16.2. The predicted octanol–water partition coefficient (Wildman–Crippen LogP) is 3.11.